The van der Waals surface area contributed by atoms with E-state index in [0.717, 1.165) is 51.5 Å². The number of imidazole rings is 1. The van der Waals surface area contributed by atoms with E-state index >= 15 is 0 Å². The first-order valence-electron chi connectivity index (χ1n) is 9.92. The summed E-state index contributed by atoms with van der Waals surface area (Å²) in [5.74, 6) is 1.18. The minimum absolute atomic E-state index is 0.433. The van der Waals surface area contributed by atoms with Crippen molar-refractivity contribution in [1.82, 2.24) is 24.8 Å². The lowest BCUT2D eigenvalue weighted by Crippen LogP contribution is -2.46. The summed E-state index contributed by atoms with van der Waals surface area (Å²) in [5, 5.41) is 3.57. The number of aromatic nitrogens is 3. The third-order valence-electron chi connectivity index (χ3n) is 5.62. The lowest BCUT2D eigenvalue weighted by atomic mass is 10.1. The van der Waals surface area contributed by atoms with Crippen LogP contribution in [0.15, 0.2) is 24.5 Å². The molecule has 2 aliphatic rings. The fourth-order valence-electron chi connectivity index (χ4n) is 4.12. The smallest absolute Gasteiger partial charge is 0.122 e. The van der Waals surface area contributed by atoms with Gasteiger partial charge in [0.05, 0.1) is 12.2 Å². The van der Waals surface area contributed by atoms with Crippen LogP contribution in [0.25, 0.3) is 0 Å². The van der Waals surface area contributed by atoms with Crippen LogP contribution in [0.2, 0.25) is 0 Å². The molecule has 0 saturated carbocycles. The molecule has 0 aromatic carbocycles. The second-order valence-electron chi connectivity index (χ2n) is 7.43. The summed E-state index contributed by atoms with van der Waals surface area (Å²) in [4.78, 5) is 14.3. The molecule has 2 saturated heterocycles. The van der Waals surface area contributed by atoms with Crippen LogP contribution >= 0.6 is 0 Å². The van der Waals surface area contributed by atoms with Crippen molar-refractivity contribution in [2.24, 2.45) is 0 Å². The summed E-state index contributed by atoms with van der Waals surface area (Å²) in [6, 6.07) is 4.97. The molecule has 1 atom stereocenters. The fourth-order valence-corrected chi connectivity index (χ4v) is 4.12. The van der Waals surface area contributed by atoms with E-state index < -0.39 is 0 Å². The van der Waals surface area contributed by atoms with Crippen LogP contribution in [0.1, 0.15) is 43.0 Å². The number of nitrogens with one attached hydrogen (secondary N) is 1. The molecule has 6 heteroatoms. The number of nitrogens with zero attached hydrogens (tertiary/aromatic N) is 5. The summed E-state index contributed by atoms with van der Waals surface area (Å²) in [5.41, 5.74) is 3.67. The Morgan fingerprint density at radius 2 is 2.04 bits per heavy atom. The summed E-state index contributed by atoms with van der Waals surface area (Å²) < 4.78 is 2.24. The van der Waals surface area contributed by atoms with Gasteiger partial charge >= 0.3 is 0 Å². The Morgan fingerprint density at radius 3 is 2.77 bits per heavy atom. The number of hydrogen-bond acceptors (Lipinski definition) is 5. The molecule has 0 amide bonds. The van der Waals surface area contributed by atoms with Gasteiger partial charge in [-0.05, 0) is 45.4 Å². The average Bonchev–Trinajstić information content (AvgIpc) is 3.33. The lowest BCUT2D eigenvalue weighted by molar-refractivity contribution is 0.241. The second-order valence-corrected chi connectivity index (χ2v) is 7.43. The molecule has 0 bridgehead atoms. The van der Waals surface area contributed by atoms with Gasteiger partial charge in [-0.15, -0.1) is 0 Å². The van der Waals surface area contributed by atoms with Gasteiger partial charge in [0.15, 0.2) is 0 Å². The van der Waals surface area contributed by atoms with Gasteiger partial charge in [-0.1, -0.05) is 0 Å². The minimum Gasteiger partial charge on any atom is -0.369 e. The standard InChI is InChI=1S/C20H30N6/c1-3-25-8-7-22-20(25)15-24-9-11-26(12-10-24)17-13-16(2)23-19(14-17)18-5-4-6-21-18/h7-8,13-14,18,21H,3-6,9-12,15H2,1-2H3/t18-/m1/s1. The van der Waals surface area contributed by atoms with Crippen LogP contribution in [0.5, 0.6) is 0 Å². The van der Waals surface area contributed by atoms with Crippen molar-refractivity contribution >= 4 is 5.69 Å². The van der Waals surface area contributed by atoms with Crippen molar-refractivity contribution in [3.8, 4) is 0 Å². The maximum absolute atomic E-state index is 4.78. The fraction of sp³-hybridized carbons (Fsp3) is 0.600. The average molecular weight is 355 g/mol. The van der Waals surface area contributed by atoms with Crippen LogP contribution in [-0.4, -0.2) is 52.2 Å². The molecule has 4 heterocycles. The van der Waals surface area contributed by atoms with Crippen molar-refractivity contribution in [2.45, 2.75) is 45.8 Å². The molecule has 2 aliphatic heterocycles. The Bertz CT molecular complexity index is 726. The van der Waals surface area contributed by atoms with Crippen molar-refractivity contribution < 1.29 is 0 Å². The minimum atomic E-state index is 0.433. The van der Waals surface area contributed by atoms with Crippen LogP contribution in [0, 0.1) is 6.92 Å². The first-order chi connectivity index (χ1) is 12.7. The van der Waals surface area contributed by atoms with E-state index in [1.807, 2.05) is 6.20 Å². The van der Waals surface area contributed by atoms with Crippen molar-refractivity contribution in [3.63, 3.8) is 0 Å². The summed E-state index contributed by atoms with van der Waals surface area (Å²) >= 11 is 0. The third-order valence-corrected chi connectivity index (χ3v) is 5.62. The zero-order chi connectivity index (χ0) is 17.9. The molecule has 1 N–H and O–H groups in total. The van der Waals surface area contributed by atoms with Gasteiger partial charge in [0.25, 0.3) is 0 Å². The number of aryl methyl sites for hydroxylation is 2. The molecule has 4 rings (SSSR count). The van der Waals surface area contributed by atoms with Crippen molar-refractivity contribution in [1.29, 1.82) is 0 Å². The molecule has 2 aromatic heterocycles. The Labute approximate surface area is 156 Å². The summed E-state index contributed by atoms with van der Waals surface area (Å²) in [6.07, 6.45) is 6.44. The van der Waals surface area contributed by atoms with Crippen molar-refractivity contribution in [3.05, 3.63) is 41.7 Å². The number of anilines is 1. The monoisotopic (exact) mass is 354 g/mol. The molecule has 2 aromatic rings. The highest BCUT2D eigenvalue weighted by Gasteiger charge is 2.22. The number of piperazine rings is 1. The van der Waals surface area contributed by atoms with Gasteiger partial charge in [-0.2, -0.15) is 0 Å². The second kappa shape index (κ2) is 7.76. The molecular formula is C20H30N6. The topological polar surface area (TPSA) is 49.2 Å². The van der Waals surface area contributed by atoms with Gasteiger partial charge in [0.1, 0.15) is 5.82 Å². The third kappa shape index (κ3) is 3.76. The van der Waals surface area contributed by atoms with Crippen LogP contribution in [0.4, 0.5) is 5.69 Å². The maximum atomic E-state index is 4.78. The molecule has 0 spiro atoms. The van der Waals surface area contributed by atoms with E-state index in [2.05, 4.69) is 56.8 Å². The van der Waals surface area contributed by atoms with E-state index in [9.17, 15) is 0 Å². The molecule has 6 nitrogen and oxygen atoms in total. The van der Waals surface area contributed by atoms with E-state index in [-0.39, 0.29) is 0 Å². The highest BCUT2D eigenvalue weighted by Crippen LogP contribution is 2.26. The van der Waals surface area contributed by atoms with Gasteiger partial charge in [-0.3, -0.25) is 9.88 Å². The van der Waals surface area contributed by atoms with Crippen LogP contribution in [-0.2, 0) is 13.1 Å². The SMILES string of the molecule is CCn1ccnc1CN1CCN(c2cc(C)nc([C@H]3CCCN3)c2)CC1. The van der Waals surface area contributed by atoms with Gasteiger partial charge < -0.3 is 14.8 Å². The van der Waals surface area contributed by atoms with E-state index in [0.29, 0.717) is 6.04 Å². The quantitative estimate of drug-likeness (QED) is 0.893. The van der Waals surface area contributed by atoms with E-state index in [4.69, 9.17) is 4.98 Å². The predicted molar refractivity (Wildman–Crippen MR) is 104 cm³/mol. The number of hydrogen-bond donors (Lipinski definition) is 1. The number of pyridine rings is 1. The molecule has 0 radical (unpaired) electrons. The predicted octanol–water partition coefficient (Wildman–Crippen LogP) is 2.35. The highest BCUT2D eigenvalue weighted by molar-refractivity contribution is 5.49. The maximum Gasteiger partial charge on any atom is 0.122 e. The zero-order valence-electron chi connectivity index (χ0n) is 16.0. The highest BCUT2D eigenvalue weighted by atomic mass is 15.3. The first kappa shape index (κ1) is 17.5. The lowest BCUT2D eigenvalue weighted by Gasteiger charge is -2.36. The summed E-state index contributed by atoms with van der Waals surface area (Å²) in [6.45, 7) is 11.6. The molecule has 0 unspecified atom stereocenters. The molecule has 140 valence electrons. The van der Waals surface area contributed by atoms with Crippen molar-refractivity contribution in [2.75, 3.05) is 37.6 Å². The molecule has 26 heavy (non-hydrogen) atoms. The Morgan fingerprint density at radius 1 is 1.19 bits per heavy atom. The summed E-state index contributed by atoms with van der Waals surface area (Å²) in [7, 11) is 0. The van der Waals surface area contributed by atoms with Gasteiger partial charge in [-0.25, -0.2) is 4.98 Å². The Balaban J connectivity index is 1.40. The van der Waals surface area contributed by atoms with Gasteiger partial charge in [0, 0.05) is 62.5 Å². The molecule has 0 aliphatic carbocycles. The molecule has 2 fully saturated rings. The van der Waals surface area contributed by atoms with Crippen LogP contribution < -0.4 is 10.2 Å². The van der Waals surface area contributed by atoms with E-state index in [1.165, 1.54) is 30.0 Å². The Kier molecular flexibility index (Phi) is 5.22. The molecular weight excluding hydrogens is 324 g/mol. The largest absolute Gasteiger partial charge is 0.369 e. The first-order valence-corrected chi connectivity index (χ1v) is 9.92. The van der Waals surface area contributed by atoms with E-state index in [1.54, 1.807) is 0 Å². The van der Waals surface area contributed by atoms with Crippen LogP contribution in [0.3, 0.4) is 0 Å². The zero-order valence-corrected chi connectivity index (χ0v) is 16.0. The normalized spacial score (nSPS) is 21.5. The van der Waals surface area contributed by atoms with Gasteiger partial charge in [0.2, 0.25) is 0 Å². The Hall–Kier alpha value is -1.92. The number of rotatable bonds is 5.